The Bertz CT molecular complexity index is 430. The van der Waals surface area contributed by atoms with Crippen molar-refractivity contribution in [2.75, 3.05) is 19.8 Å². The highest BCUT2D eigenvalue weighted by Gasteiger charge is 2.22. The van der Waals surface area contributed by atoms with Gasteiger partial charge in [-0.15, -0.1) is 0 Å². The Morgan fingerprint density at radius 3 is 2.94 bits per heavy atom. The maximum absolute atomic E-state index is 5.79. The third kappa shape index (κ3) is 2.50. The van der Waals surface area contributed by atoms with Crippen molar-refractivity contribution in [2.24, 2.45) is 0 Å². The summed E-state index contributed by atoms with van der Waals surface area (Å²) in [6.07, 6.45) is 4.87. The number of piperidine rings is 1. The van der Waals surface area contributed by atoms with Gasteiger partial charge in [0.15, 0.2) is 11.5 Å². The monoisotopic (exact) mass is 311 g/mol. The van der Waals surface area contributed by atoms with Gasteiger partial charge in [0.2, 0.25) is 0 Å². The predicted molar refractivity (Wildman–Crippen MR) is 74.5 cm³/mol. The van der Waals surface area contributed by atoms with E-state index in [2.05, 4.69) is 27.3 Å². The molecule has 0 radical (unpaired) electrons. The molecule has 2 aliphatic rings. The molecule has 0 saturated carbocycles. The Balaban J connectivity index is 1.85. The van der Waals surface area contributed by atoms with Crippen LogP contribution in [0.5, 0.6) is 11.5 Å². The number of rotatable bonds is 2. The van der Waals surface area contributed by atoms with E-state index in [-0.39, 0.29) is 0 Å². The molecular formula is C14H18BrNO2. The molecule has 18 heavy (non-hydrogen) atoms. The highest BCUT2D eigenvalue weighted by molar-refractivity contribution is 9.10. The van der Waals surface area contributed by atoms with Gasteiger partial charge in [-0.05, 0) is 37.9 Å². The van der Waals surface area contributed by atoms with Crippen LogP contribution in [0.4, 0.5) is 0 Å². The minimum Gasteiger partial charge on any atom is -0.486 e. The molecule has 3 rings (SSSR count). The van der Waals surface area contributed by atoms with Gasteiger partial charge in [-0.25, -0.2) is 0 Å². The minimum absolute atomic E-state index is 0.562. The van der Waals surface area contributed by atoms with Crippen LogP contribution in [-0.2, 0) is 6.42 Å². The average Bonchev–Trinajstić information content (AvgIpc) is 2.43. The molecule has 1 unspecified atom stereocenters. The van der Waals surface area contributed by atoms with E-state index in [9.17, 15) is 0 Å². The lowest BCUT2D eigenvalue weighted by molar-refractivity contribution is 0.169. The Morgan fingerprint density at radius 1 is 1.22 bits per heavy atom. The first-order valence-electron chi connectivity index (χ1n) is 6.65. The molecule has 0 spiro atoms. The first kappa shape index (κ1) is 12.3. The van der Waals surface area contributed by atoms with Crippen LogP contribution in [0.15, 0.2) is 16.6 Å². The van der Waals surface area contributed by atoms with E-state index in [0.29, 0.717) is 19.3 Å². The number of ether oxygens (including phenoxy) is 2. The maximum Gasteiger partial charge on any atom is 0.165 e. The lowest BCUT2D eigenvalue weighted by atomic mass is 9.97. The second-order valence-corrected chi connectivity index (χ2v) is 5.76. The molecule has 2 aliphatic heterocycles. The van der Waals surface area contributed by atoms with Gasteiger partial charge < -0.3 is 14.8 Å². The molecule has 0 aromatic heterocycles. The molecule has 1 aromatic carbocycles. The van der Waals surface area contributed by atoms with Crippen LogP contribution < -0.4 is 14.8 Å². The van der Waals surface area contributed by atoms with Gasteiger partial charge in [0, 0.05) is 16.1 Å². The molecule has 4 heteroatoms. The van der Waals surface area contributed by atoms with E-state index < -0.39 is 0 Å². The molecule has 98 valence electrons. The highest BCUT2D eigenvalue weighted by atomic mass is 79.9. The minimum atomic E-state index is 0.562. The Morgan fingerprint density at radius 2 is 2.11 bits per heavy atom. The molecule has 3 nitrogen and oxygen atoms in total. The number of benzene rings is 1. The van der Waals surface area contributed by atoms with Crippen molar-refractivity contribution in [3.05, 3.63) is 22.2 Å². The van der Waals surface area contributed by atoms with Crippen molar-refractivity contribution in [3.63, 3.8) is 0 Å². The average molecular weight is 312 g/mol. The number of fused-ring (bicyclic) bond motifs is 1. The fourth-order valence-electron chi connectivity index (χ4n) is 2.68. The van der Waals surface area contributed by atoms with E-state index in [1.165, 1.54) is 24.8 Å². The molecule has 1 aromatic rings. The first-order valence-corrected chi connectivity index (χ1v) is 7.44. The Labute approximate surface area is 116 Å². The first-order chi connectivity index (χ1) is 8.84. The molecule has 1 atom stereocenters. The van der Waals surface area contributed by atoms with Crippen molar-refractivity contribution in [2.45, 2.75) is 31.7 Å². The Kier molecular flexibility index (Phi) is 3.75. The summed E-state index contributed by atoms with van der Waals surface area (Å²) in [6.45, 7) is 2.43. The SMILES string of the molecule is Brc1ccc2c(c1CC1CCCCN1)OCCO2. The van der Waals surface area contributed by atoms with Gasteiger partial charge in [-0.3, -0.25) is 0 Å². The summed E-state index contributed by atoms with van der Waals surface area (Å²) < 4.78 is 12.6. The van der Waals surface area contributed by atoms with Gasteiger partial charge in [-0.2, -0.15) is 0 Å². The zero-order chi connectivity index (χ0) is 12.4. The van der Waals surface area contributed by atoms with Crippen molar-refractivity contribution >= 4 is 15.9 Å². The summed E-state index contributed by atoms with van der Waals surface area (Å²) in [7, 11) is 0. The number of hydrogen-bond acceptors (Lipinski definition) is 3. The van der Waals surface area contributed by atoms with Gasteiger partial charge in [0.05, 0.1) is 0 Å². The molecule has 0 aliphatic carbocycles. The van der Waals surface area contributed by atoms with Gasteiger partial charge >= 0.3 is 0 Å². The maximum atomic E-state index is 5.79. The van der Waals surface area contributed by atoms with Crippen LogP contribution in [0.2, 0.25) is 0 Å². The topological polar surface area (TPSA) is 30.5 Å². The van der Waals surface area contributed by atoms with Gasteiger partial charge in [-0.1, -0.05) is 22.4 Å². The summed E-state index contributed by atoms with van der Waals surface area (Å²) in [4.78, 5) is 0. The lowest BCUT2D eigenvalue weighted by Crippen LogP contribution is -2.35. The second kappa shape index (κ2) is 5.49. The van der Waals surface area contributed by atoms with E-state index in [1.54, 1.807) is 0 Å². The summed E-state index contributed by atoms with van der Waals surface area (Å²) in [5.74, 6) is 1.82. The second-order valence-electron chi connectivity index (χ2n) is 4.90. The number of nitrogens with one attached hydrogen (secondary N) is 1. The van der Waals surface area contributed by atoms with Crippen LogP contribution in [0.1, 0.15) is 24.8 Å². The third-order valence-corrected chi connectivity index (χ3v) is 4.36. The van der Waals surface area contributed by atoms with E-state index in [1.807, 2.05) is 6.07 Å². The number of hydrogen-bond donors (Lipinski definition) is 1. The third-order valence-electron chi connectivity index (χ3n) is 3.62. The van der Waals surface area contributed by atoms with Crippen molar-refractivity contribution in [3.8, 4) is 11.5 Å². The van der Waals surface area contributed by atoms with Crippen LogP contribution in [0.3, 0.4) is 0 Å². The van der Waals surface area contributed by atoms with E-state index in [4.69, 9.17) is 9.47 Å². The van der Waals surface area contributed by atoms with Crippen LogP contribution in [-0.4, -0.2) is 25.8 Å². The lowest BCUT2D eigenvalue weighted by Gasteiger charge is -2.27. The zero-order valence-corrected chi connectivity index (χ0v) is 12.0. The zero-order valence-electron chi connectivity index (χ0n) is 10.4. The van der Waals surface area contributed by atoms with E-state index in [0.717, 1.165) is 28.9 Å². The number of halogens is 1. The van der Waals surface area contributed by atoms with Crippen molar-refractivity contribution in [1.82, 2.24) is 5.32 Å². The normalized spacial score (nSPS) is 22.8. The fraction of sp³-hybridized carbons (Fsp3) is 0.571. The van der Waals surface area contributed by atoms with Gasteiger partial charge in [0.25, 0.3) is 0 Å². The molecule has 1 N–H and O–H groups in total. The van der Waals surface area contributed by atoms with Crippen molar-refractivity contribution in [1.29, 1.82) is 0 Å². The molecular weight excluding hydrogens is 294 g/mol. The molecule has 1 fully saturated rings. The van der Waals surface area contributed by atoms with Crippen molar-refractivity contribution < 1.29 is 9.47 Å². The highest BCUT2D eigenvalue weighted by Crippen LogP contribution is 2.39. The molecule has 1 saturated heterocycles. The van der Waals surface area contributed by atoms with Crippen LogP contribution in [0.25, 0.3) is 0 Å². The Hall–Kier alpha value is -0.740. The summed E-state index contributed by atoms with van der Waals surface area (Å²) in [6, 6.07) is 4.61. The van der Waals surface area contributed by atoms with Gasteiger partial charge in [0.1, 0.15) is 13.2 Å². The predicted octanol–water partition coefficient (Wildman–Crippen LogP) is 2.90. The molecule has 0 amide bonds. The fourth-order valence-corrected chi connectivity index (χ4v) is 3.16. The summed E-state index contributed by atoms with van der Waals surface area (Å²) in [5, 5.41) is 3.58. The molecule has 2 heterocycles. The van der Waals surface area contributed by atoms with E-state index >= 15 is 0 Å². The largest absolute Gasteiger partial charge is 0.486 e. The van der Waals surface area contributed by atoms with Crippen LogP contribution in [0, 0.1) is 0 Å². The molecule has 0 bridgehead atoms. The summed E-state index contributed by atoms with van der Waals surface area (Å²) >= 11 is 3.64. The quantitative estimate of drug-likeness (QED) is 0.911. The smallest absolute Gasteiger partial charge is 0.165 e. The summed E-state index contributed by atoms with van der Waals surface area (Å²) in [5.41, 5.74) is 1.24. The van der Waals surface area contributed by atoms with Crippen LogP contribution >= 0.6 is 15.9 Å². The standard InChI is InChI=1S/C14H18BrNO2/c15-12-4-5-13-14(18-8-7-17-13)11(12)9-10-3-1-2-6-16-10/h4-5,10,16H,1-3,6-9H2.